The summed E-state index contributed by atoms with van der Waals surface area (Å²) in [5.74, 6) is 2.84. The Balaban J connectivity index is 1.95. The van der Waals surface area contributed by atoms with Gasteiger partial charge in [0.2, 0.25) is 5.95 Å². The van der Waals surface area contributed by atoms with Crippen LogP contribution >= 0.6 is 0 Å². The highest BCUT2D eigenvalue weighted by Crippen LogP contribution is 2.30. The largest absolute Gasteiger partial charge is 0.355 e. The Hall–Kier alpha value is -2.38. The maximum atomic E-state index is 12.3. The van der Waals surface area contributed by atoms with Gasteiger partial charge in [-0.15, -0.1) is 0 Å². The van der Waals surface area contributed by atoms with E-state index in [1.807, 2.05) is 32.8 Å². The zero-order valence-corrected chi connectivity index (χ0v) is 16.7. The van der Waals surface area contributed by atoms with Gasteiger partial charge in [-0.1, -0.05) is 0 Å². The summed E-state index contributed by atoms with van der Waals surface area (Å²) in [5.41, 5.74) is 2.08. The van der Waals surface area contributed by atoms with Crippen LogP contribution in [-0.4, -0.2) is 51.5 Å². The molecule has 0 saturated carbocycles. The SMILES string of the molecule is CCn1c([C@@H]2CCCN(c3nc(N(C)C)nc(C)c3C)C2)nn(C)c1=O. The van der Waals surface area contributed by atoms with E-state index in [0.29, 0.717) is 6.54 Å². The van der Waals surface area contributed by atoms with Crippen molar-refractivity contribution >= 4 is 11.8 Å². The second-order valence-corrected chi connectivity index (χ2v) is 7.25. The van der Waals surface area contributed by atoms with Gasteiger partial charge in [0.15, 0.2) is 0 Å². The monoisotopic (exact) mass is 359 g/mol. The Labute approximate surface area is 154 Å². The lowest BCUT2D eigenvalue weighted by Gasteiger charge is -2.34. The Morgan fingerprint density at radius 2 is 1.96 bits per heavy atom. The molecule has 26 heavy (non-hydrogen) atoms. The summed E-state index contributed by atoms with van der Waals surface area (Å²) in [4.78, 5) is 25.9. The van der Waals surface area contributed by atoms with Crippen molar-refractivity contribution < 1.29 is 0 Å². The van der Waals surface area contributed by atoms with Crippen LogP contribution in [0, 0.1) is 13.8 Å². The third-order valence-corrected chi connectivity index (χ3v) is 5.19. The van der Waals surface area contributed by atoms with E-state index in [1.165, 1.54) is 4.68 Å². The Kier molecular flexibility index (Phi) is 5.02. The van der Waals surface area contributed by atoms with Gasteiger partial charge in [0.05, 0.1) is 0 Å². The number of piperidine rings is 1. The molecule has 1 saturated heterocycles. The predicted octanol–water partition coefficient (Wildman–Crippen LogP) is 1.46. The van der Waals surface area contributed by atoms with Crippen molar-refractivity contribution in [1.82, 2.24) is 24.3 Å². The third-order valence-electron chi connectivity index (χ3n) is 5.19. The molecule has 0 radical (unpaired) electrons. The molecular formula is C18H29N7O. The van der Waals surface area contributed by atoms with Crippen LogP contribution in [0.25, 0.3) is 0 Å². The lowest BCUT2D eigenvalue weighted by Crippen LogP contribution is -2.37. The van der Waals surface area contributed by atoms with Crippen LogP contribution in [0.5, 0.6) is 0 Å². The van der Waals surface area contributed by atoms with Crippen LogP contribution in [0.15, 0.2) is 4.79 Å². The van der Waals surface area contributed by atoms with Gasteiger partial charge >= 0.3 is 5.69 Å². The van der Waals surface area contributed by atoms with Crippen molar-refractivity contribution in [1.29, 1.82) is 0 Å². The van der Waals surface area contributed by atoms with Crippen LogP contribution < -0.4 is 15.5 Å². The van der Waals surface area contributed by atoms with Gasteiger partial charge in [-0.2, -0.15) is 10.1 Å². The maximum Gasteiger partial charge on any atom is 0.345 e. The summed E-state index contributed by atoms with van der Waals surface area (Å²) < 4.78 is 3.24. The normalized spacial score (nSPS) is 17.6. The summed E-state index contributed by atoms with van der Waals surface area (Å²) in [6, 6.07) is 0. The zero-order valence-electron chi connectivity index (χ0n) is 16.7. The summed E-state index contributed by atoms with van der Waals surface area (Å²) in [6.07, 6.45) is 2.09. The molecule has 1 fully saturated rings. The van der Waals surface area contributed by atoms with Crippen LogP contribution in [0.3, 0.4) is 0 Å². The topological polar surface area (TPSA) is 72.1 Å². The molecule has 1 aliphatic heterocycles. The number of anilines is 2. The van der Waals surface area contributed by atoms with Gasteiger partial charge in [-0.25, -0.2) is 14.5 Å². The van der Waals surface area contributed by atoms with Crippen molar-refractivity contribution in [2.45, 2.75) is 46.1 Å². The fourth-order valence-electron chi connectivity index (χ4n) is 3.61. The van der Waals surface area contributed by atoms with Crippen molar-refractivity contribution in [2.24, 2.45) is 7.05 Å². The summed E-state index contributed by atoms with van der Waals surface area (Å²) in [5, 5.41) is 4.52. The number of aromatic nitrogens is 5. The van der Waals surface area contributed by atoms with Gasteiger partial charge in [-0.05, 0) is 33.6 Å². The van der Waals surface area contributed by atoms with E-state index < -0.39 is 0 Å². The number of rotatable bonds is 4. The first-order chi connectivity index (χ1) is 12.3. The van der Waals surface area contributed by atoms with E-state index in [4.69, 9.17) is 4.98 Å². The molecule has 0 amide bonds. The molecule has 0 aliphatic carbocycles. The maximum absolute atomic E-state index is 12.3. The predicted molar refractivity (Wildman–Crippen MR) is 103 cm³/mol. The van der Waals surface area contributed by atoms with E-state index in [2.05, 4.69) is 21.9 Å². The van der Waals surface area contributed by atoms with Crippen LogP contribution in [-0.2, 0) is 13.6 Å². The van der Waals surface area contributed by atoms with Crippen LogP contribution in [0.2, 0.25) is 0 Å². The van der Waals surface area contributed by atoms with Crippen molar-refractivity contribution in [3.63, 3.8) is 0 Å². The first-order valence-electron chi connectivity index (χ1n) is 9.24. The quantitative estimate of drug-likeness (QED) is 0.823. The minimum absolute atomic E-state index is 0.0384. The van der Waals surface area contributed by atoms with Crippen molar-refractivity contribution in [3.05, 3.63) is 27.6 Å². The van der Waals surface area contributed by atoms with Gasteiger partial charge < -0.3 is 9.80 Å². The third kappa shape index (κ3) is 3.20. The van der Waals surface area contributed by atoms with E-state index in [9.17, 15) is 4.79 Å². The Bertz CT molecular complexity index is 852. The molecule has 0 unspecified atom stereocenters. The fraction of sp³-hybridized carbons (Fsp3) is 0.667. The van der Waals surface area contributed by atoms with Gasteiger partial charge in [0, 0.05) is 58.0 Å². The zero-order chi connectivity index (χ0) is 19.0. The number of aryl methyl sites for hydroxylation is 2. The average molecular weight is 359 g/mol. The summed E-state index contributed by atoms with van der Waals surface area (Å²) in [6.45, 7) is 8.53. The second-order valence-electron chi connectivity index (χ2n) is 7.25. The molecule has 1 atom stereocenters. The van der Waals surface area contributed by atoms with E-state index in [0.717, 1.165) is 54.8 Å². The minimum Gasteiger partial charge on any atom is -0.355 e. The molecule has 2 aromatic heterocycles. The standard InChI is InChI=1S/C18H29N7O/c1-7-25-16(21-23(6)18(25)26)14-9-8-10-24(11-14)15-12(2)13(3)19-17(20-15)22(4)5/h14H,7-11H2,1-6H3/t14-/m1/s1. The second kappa shape index (κ2) is 7.09. The number of nitrogens with zero attached hydrogens (tertiary/aromatic N) is 7. The van der Waals surface area contributed by atoms with Gasteiger partial charge in [0.25, 0.3) is 0 Å². The highest BCUT2D eigenvalue weighted by molar-refractivity contribution is 5.52. The lowest BCUT2D eigenvalue weighted by atomic mass is 9.96. The van der Waals surface area contributed by atoms with Crippen molar-refractivity contribution in [3.8, 4) is 0 Å². The summed E-state index contributed by atoms with van der Waals surface area (Å²) in [7, 11) is 5.64. The minimum atomic E-state index is -0.0384. The molecule has 8 nitrogen and oxygen atoms in total. The first-order valence-corrected chi connectivity index (χ1v) is 9.24. The fourth-order valence-corrected chi connectivity index (χ4v) is 3.61. The average Bonchev–Trinajstić information content (AvgIpc) is 2.91. The molecule has 3 rings (SSSR count). The smallest absolute Gasteiger partial charge is 0.345 e. The van der Waals surface area contributed by atoms with E-state index in [1.54, 1.807) is 11.6 Å². The molecule has 3 heterocycles. The van der Waals surface area contributed by atoms with Gasteiger partial charge in [-0.3, -0.25) is 4.57 Å². The molecule has 142 valence electrons. The molecule has 1 aliphatic rings. The van der Waals surface area contributed by atoms with E-state index in [-0.39, 0.29) is 11.6 Å². The summed E-state index contributed by atoms with van der Waals surface area (Å²) >= 11 is 0. The first kappa shape index (κ1) is 18.4. The highest BCUT2D eigenvalue weighted by atomic mass is 16.2. The van der Waals surface area contributed by atoms with Crippen LogP contribution in [0.4, 0.5) is 11.8 Å². The Morgan fingerprint density at radius 1 is 1.23 bits per heavy atom. The van der Waals surface area contributed by atoms with Crippen LogP contribution in [0.1, 0.15) is 42.8 Å². The molecule has 8 heteroatoms. The van der Waals surface area contributed by atoms with Gasteiger partial charge in [0.1, 0.15) is 11.6 Å². The molecule has 2 aromatic rings. The number of hydrogen-bond donors (Lipinski definition) is 0. The highest BCUT2D eigenvalue weighted by Gasteiger charge is 2.28. The van der Waals surface area contributed by atoms with E-state index >= 15 is 0 Å². The lowest BCUT2D eigenvalue weighted by molar-refractivity contribution is 0.467. The molecular weight excluding hydrogens is 330 g/mol. The molecule has 0 bridgehead atoms. The molecule has 0 aromatic carbocycles. The number of hydrogen-bond acceptors (Lipinski definition) is 6. The molecule has 0 N–H and O–H groups in total. The van der Waals surface area contributed by atoms with Crippen molar-refractivity contribution in [2.75, 3.05) is 37.0 Å². The Morgan fingerprint density at radius 3 is 2.62 bits per heavy atom. The molecule has 0 spiro atoms.